The number of ether oxygens (including phenoxy) is 1. The number of benzene rings is 4. The number of Topliss-reactive ketones (excluding diaryl/α,β-unsaturated/α-hetero) is 3. The first-order valence-electron chi connectivity index (χ1n) is 17.2. The normalized spacial score (nSPS) is 17.7. The molecule has 1 atom stereocenters. The molecule has 55 heavy (non-hydrogen) atoms. The second-order valence-corrected chi connectivity index (χ2v) is 13.6. The molecule has 12 nitrogen and oxygen atoms in total. The van der Waals surface area contributed by atoms with Crippen LogP contribution in [0.4, 0.5) is 0 Å². The lowest BCUT2D eigenvalue weighted by atomic mass is 9.75. The van der Waals surface area contributed by atoms with Crippen LogP contribution in [0.3, 0.4) is 0 Å². The highest BCUT2D eigenvalue weighted by molar-refractivity contribution is 6.39. The average molecular weight is 734 g/mol. The molecule has 0 aliphatic heterocycles. The van der Waals surface area contributed by atoms with Crippen LogP contribution in [-0.4, -0.2) is 56.3 Å². The monoisotopic (exact) mass is 733 g/mol. The van der Waals surface area contributed by atoms with E-state index in [9.17, 15) is 39.3 Å². The first-order chi connectivity index (χ1) is 26.5. The first-order valence-corrected chi connectivity index (χ1v) is 17.2. The number of para-hydroxylation sites is 1. The van der Waals surface area contributed by atoms with Gasteiger partial charge < -0.3 is 29.5 Å². The quantitative estimate of drug-likeness (QED) is 0.0649. The van der Waals surface area contributed by atoms with Gasteiger partial charge in [0.25, 0.3) is 5.56 Å². The molecule has 9 rings (SSSR count). The van der Waals surface area contributed by atoms with Gasteiger partial charge in [-0.25, -0.2) is 0 Å². The van der Waals surface area contributed by atoms with Crippen molar-refractivity contribution >= 4 is 67.7 Å². The third kappa shape index (κ3) is 4.21. The molecule has 3 aliphatic carbocycles. The topological polar surface area (TPSA) is 201 Å². The Balaban J connectivity index is 1.35. The Bertz CT molecular complexity index is 3030. The number of nitrogens with one attached hydrogen (secondary N) is 1. The lowest BCUT2D eigenvalue weighted by Gasteiger charge is -2.24. The van der Waals surface area contributed by atoms with Crippen molar-refractivity contribution in [2.45, 2.75) is 25.2 Å². The van der Waals surface area contributed by atoms with Crippen LogP contribution in [0.25, 0.3) is 38.8 Å². The molecule has 270 valence electrons. The van der Waals surface area contributed by atoms with E-state index in [1.54, 1.807) is 66.8 Å². The standard InChI is InChI=1S/C43H27NO11/c1-3-4-5-9-18-16-22-28(35(46)21-11-8-13-25-27(21)19-10-6-7-12-24(19)55-25)20-14-15-43(34(20)39(50)29(22)42(53)44-18)40(51)32-33(41(43)52)38(49)31-30(37(32)48)23(45)17-26(54-2)36(31)47/h3-13,16-17,48-50H,14-15H2,1-2H3,(H,44,53)/b4-3+,9-5+/t43-/m0/s1. The number of ketones is 5. The number of H-pyrrole nitrogens is 1. The number of aromatic hydroxyl groups is 3. The number of rotatable bonds is 5. The van der Waals surface area contributed by atoms with Crippen molar-refractivity contribution in [2.24, 2.45) is 0 Å². The van der Waals surface area contributed by atoms with Gasteiger partial charge in [0, 0.05) is 44.6 Å². The number of pyridine rings is 1. The van der Waals surface area contributed by atoms with E-state index in [0.29, 0.717) is 27.6 Å². The van der Waals surface area contributed by atoms with Gasteiger partial charge in [0.2, 0.25) is 5.78 Å². The van der Waals surface area contributed by atoms with Crippen molar-refractivity contribution in [2.75, 3.05) is 7.11 Å². The van der Waals surface area contributed by atoms with Crippen LogP contribution in [0, 0.1) is 0 Å². The van der Waals surface area contributed by atoms with E-state index in [0.717, 1.165) is 13.2 Å². The van der Waals surface area contributed by atoms with E-state index in [1.807, 2.05) is 6.92 Å². The summed E-state index contributed by atoms with van der Waals surface area (Å²) in [5.41, 5.74) is -4.90. The minimum atomic E-state index is -2.36. The lowest BCUT2D eigenvalue weighted by molar-refractivity contribution is 0.0790. The summed E-state index contributed by atoms with van der Waals surface area (Å²) >= 11 is 0. The molecule has 0 radical (unpaired) electrons. The average Bonchev–Trinajstić information content (AvgIpc) is 3.82. The van der Waals surface area contributed by atoms with Gasteiger partial charge in [-0.15, -0.1) is 0 Å². The van der Waals surface area contributed by atoms with Crippen molar-refractivity contribution < 1.29 is 48.4 Å². The Labute approximate surface area is 309 Å². The van der Waals surface area contributed by atoms with Gasteiger partial charge in [-0.2, -0.15) is 0 Å². The van der Waals surface area contributed by atoms with Crippen LogP contribution in [0.5, 0.6) is 17.2 Å². The molecule has 0 bridgehead atoms. The van der Waals surface area contributed by atoms with E-state index < -0.39 is 85.2 Å². The molecule has 0 fully saturated rings. The van der Waals surface area contributed by atoms with Gasteiger partial charge >= 0.3 is 0 Å². The van der Waals surface area contributed by atoms with E-state index >= 15 is 4.79 Å². The summed E-state index contributed by atoms with van der Waals surface area (Å²) in [5.74, 6) is -7.94. The van der Waals surface area contributed by atoms with Crippen molar-refractivity contribution in [1.82, 2.24) is 4.98 Å². The highest BCUT2D eigenvalue weighted by Crippen LogP contribution is 2.58. The molecule has 1 spiro atoms. The van der Waals surface area contributed by atoms with Crippen LogP contribution in [-0.2, 0) is 16.6 Å². The second kappa shape index (κ2) is 11.6. The molecular weight excluding hydrogens is 706 g/mol. The van der Waals surface area contributed by atoms with Gasteiger partial charge in [-0.3, -0.25) is 28.8 Å². The molecule has 0 unspecified atom stereocenters. The maximum atomic E-state index is 15.2. The summed E-state index contributed by atoms with van der Waals surface area (Å²) in [5, 5.41) is 35.9. The first kappa shape index (κ1) is 33.5. The summed E-state index contributed by atoms with van der Waals surface area (Å²) in [6, 6.07) is 13.6. The van der Waals surface area contributed by atoms with Gasteiger partial charge in [-0.1, -0.05) is 48.6 Å². The van der Waals surface area contributed by atoms with Gasteiger partial charge in [0.15, 0.2) is 28.9 Å². The molecule has 3 aliphatic rings. The van der Waals surface area contributed by atoms with E-state index in [-0.39, 0.29) is 45.9 Å². The van der Waals surface area contributed by atoms with Gasteiger partial charge in [0.05, 0.1) is 34.7 Å². The number of phenolic OH excluding ortho intramolecular Hbond substituents is 3. The molecule has 4 aromatic carbocycles. The molecule has 2 aromatic heterocycles. The van der Waals surface area contributed by atoms with Crippen molar-refractivity contribution in [3.8, 4) is 17.2 Å². The number of hydrogen-bond donors (Lipinski definition) is 4. The number of allylic oxidation sites excluding steroid dienone is 5. The fourth-order valence-corrected chi connectivity index (χ4v) is 8.57. The number of fused-ring (bicyclic) bond motifs is 8. The van der Waals surface area contributed by atoms with Crippen LogP contribution in [0.1, 0.15) is 87.5 Å². The SMILES string of the molecule is C/C=C/C=C/c1cc2c(C(=O)c3cccc4oc5ccccc5c34)c3c(c(O)c2c(=O)[nH]1)[C@@]1(CC3)C(=O)c2c(O)c3c(c(O)c2C1=O)C(=O)C(OC)=CC3=O. The Morgan fingerprint density at radius 1 is 0.836 bits per heavy atom. The van der Waals surface area contributed by atoms with Crippen LogP contribution < -0.4 is 5.56 Å². The fraction of sp³-hybridized carbons (Fsp3) is 0.116. The smallest absolute Gasteiger partial charge is 0.260 e. The minimum Gasteiger partial charge on any atom is -0.507 e. The molecule has 0 saturated heterocycles. The minimum absolute atomic E-state index is 0.0483. The highest BCUT2D eigenvalue weighted by Gasteiger charge is 2.62. The number of furan rings is 1. The number of carbonyl (C=O) groups excluding carboxylic acids is 5. The fourth-order valence-electron chi connectivity index (χ4n) is 8.57. The Kier molecular flexibility index (Phi) is 7.05. The predicted molar refractivity (Wildman–Crippen MR) is 199 cm³/mol. The second-order valence-electron chi connectivity index (χ2n) is 13.6. The maximum Gasteiger partial charge on any atom is 0.260 e. The summed E-state index contributed by atoms with van der Waals surface area (Å²) in [4.78, 5) is 87.7. The summed E-state index contributed by atoms with van der Waals surface area (Å²) in [7, 11) is 1.12. The van der Waals surface area contributed by atoms with Crippen LogP contribution in [0.15, 0.2) is 87.8 Å². The summed E-state index contributed by atoms with van der Waals surface area (Å²) < 4.78 is 11.0. The molecule has 2 heterocycles. The molecule has 0 amide bonds. The molecule has 4 N–H and O–H groups in total. The molecule has 6 aromatic rings. The Morgan fingerprint density at radius 2 is 1.55 bits per heavy atom. The zero-order valence-corrected chi connectivity index (χ0v) is 29.0. The maximum absolute atomic E-state index is 15.2. The highest BCUT2D eigenvalue weighted by atomic mass is 16.5. The lowest BCUT2D eigenvalue weighted by Crippen LogP contribution is -2.36. The van der Waals surface area contributed by atoms with Gasteiger partial charge in [-0.05, 0) is 49.6 Å². The number of hydrogen-bond acceptors (Lipinski definition) is 11. The predicted octanol–water partition coefficient (Wildman–Crippen LogP) is 6.54. The Hall–Kier alpha value is -7.34. The van der Waals surface area contributed by atoms with Crippen molar-refractivity contribution in [3.05, 3.63) is 139 Å². The number of phenols is 3. The molecular formula is C43H27NO11. The summed E-state index contributed by atoms with van der Waals surface area (Å²) in [6.45, 7) is 1.81. The molecule has 12 heteroatoms. The zero-order chi connectivity index (χ0) is 38.7. The third-order valence-corrected chi connectivity index (χ3v) is 10.9. The van der Waals surface area contributed by atoms with Crippen molar-refractivity contribution in [3.63, 3.8) is 0 Å². The van der Waals surface area contributed by atoms with E-state index in [4.69, 9.17) is 9.15 Å². The van der Waals surface area contributed by atoms with Crippen LogP contribution in [0.2, 0.25) is 0 Å². The van der Waals surface area contributed by atoms with E-state index in [2.05, 4.69) is 4.98 Å². The Morgan fingerprint density at radius 3 is 2.27 bits per heavy atom. The number of carbonyl (C=O) groups is 5. The van der Waals surface area contributed by atoms with Crippen LogP contribution >= 0.6 is 0 Å². The molecule has 0 saturated carbocycles. The number of aromatic nitrogens is 1. The zero-order valence-electron chi connectivity index (χ0n) is 29.0. The van der Waals surface area contributed by atoms with Gasteiger partial charge in [0.1, 0.15) is 33.8 Å². The largest absolute Gasteiger partial charge is 0.507 e. The van der Waals surface area contributed by atoms with E-state index in [1.165, 1.54) is 6.07 Å². The number of methoxy groups -OCH3 is 1. The number of aromatic amines is 1. The van der Waals surface area contributed by atoms with Crippen molar-refractivity contribution in [1.29, 1.82) is 0 Å². The third-order valence-electron chi connectivity index (χ3n) is 10.9. The summed E-state index contributed by atoms with van der Waals surface area (Å²) in [6.07, 6.45) is 7.09.